The van der Waals surface area contributed by atoms with Crippen LogP contribution in [0.2, 0.25) is 5.02 Å². The van der Waals surface area contributed by atoms with Crippen molar-refractivity contribution in [1.29, 1.82) is 0 Å². The lowest BCUT2D eigenvalue weighted by atomic mass is 9.95. The van der Waals surface area contributed by atoms with Crippen LogP contribution >= 0.6 is 11.6 Å². The quantitative estimate of drug-likeness (QED) is 0.577. The number of non-ortho nitro benzene ring substituents is 1. The number of hydrogen-bond donors (Lipinski definition) is 0. The van der Waals surface area contributed by atoms with Gasteiger partial charge in [0.2, 0.25) is 0 Å². The van der Waals surface area contributed by atoms with Crippen LogP contribution in [0.4, 0.5) is 10.5 Å². The number of amides is 1. The lowest BCUT2D eigenvalue weighted by Gasteiger charge is -2.22. The van der Waals surface area contributed by atoms with Gasteiger partial charge < -0.3 is 4.74 Å². The van der Waals surface area contributed by atoms with Crippen molar-refractivity contribution in [1.82, 2.24) is 5.01 Å². The van der Waals surface area contributed by atoms with E-state index in [2.05, 4.69) is 5.10 Å². The van der Waals surface area contributed by atoms with Crippen molar-refractivity contribution in [3.05, 3.63) is 74.3 Å². The first kappa shape index (κ1) is 18.8. The lowest BCUT2D eigenvalue weighted by Crippen LogP contribution is -2.35. The average molecular weight is 388 g/mol. The summed E-state index contributed by atoms with van der Waals surface area (Å²) in [5, 5.41) is 17.3. The number of hydrogen-bond acceptors (Lipinski definition) is 5. The van der Waals surface area contributed by atoms with Crippen molar-refractivity contribution in [2.75, 3.05) is 6.61 Å². The Bertz CT molecular complexity index is 912. The summed E-state index contributed by atoms with van der Waals surface area (Å²) >= 11 is 6.19. The first-order valence-electron chi connectivity index (χ1n) is 8.49. The minimum atomic E-state index is -0.539. The van der Waals surface area contributed by atoms with Crippen molar-refractivity contribution in [2.45, 2.75) is 26.3 Å². The molecule has 0 spiro atoms. The monoisotopic (exact) mass is 387 g/mol. The molecule has 3 rings (SSSR count). The van der Waals surface area contributed by atoms with E-state index in [9.17, 15) is 14.9 Å². The fourth-order valence-corrected chi connectivity index (χ4v) is 3.15. The van der Waals surface area contributed by atoms with Gasteiger partial charge in [-0.3, -0.25) is 10.1 Å². The lowest BCUT2D eigenvalue weighted by molar-refractivity contribution is -0.384. The highest BCUT2D eigenvalue weighted by Gasteiger charge is 2.28. The van der Waals surface area contributed by atoms with Crippen molar-refractivity contribution in [3.8, 4) is 0 Å². The number of rotatable bonds is 3. The van der Waals surface area contributed by atoms with E-state index in [1.165, 1.54) is 17.1 Å². The fraction of sp³-hybridized carbons (Fsp3) is 0.263. The Kier molecular flexibility index (Phi) is 5.41. The third-order valence-corrected chi connectivity index (χ3v) is 4.51. The predicted molar refractivity (Wildman–Crippen MR) is 102 cm³/mol. The summed E-state index contributed by atoms with van der Waals surface area (Å²) in [6.45, 7) is 3.86. The number of benzene rings is 2. The van der Waals surface area contributed by atoms with Crippen molar-refractivity contribution >= 4 is 29.1 Å². The molecule has 1 heterocycles. The molecule has 27 heavy (non-hydrogen) atoms. The summed E-state index contributed by atoms with van der Waals surface area (Å²) < 4.78 is 5.13. The third-order valence-electron chi connectivity index (χ3n) is 4.27. The molecule has 0 saturated heterocycles. The van der Waals surface area contributed by atoms with E-state index >= 15 is 0 Å². The maximum absolute atomic E-state index is 12.4. The normalized spacial score (nSPS) is 16.2. The van der Waals surface area contributed by atoms with Gasteiger partial charge in [0.05, 0.1) is 23.3 Å². The van der Waals surface area contributed by atoms with E-state index in [0.29, 0.717) is 22.7 Å². The van der Waals surface area contributed by atoms with Crippen LogP contribution in [0.15, 0.2) is 47.6 Å². The zero-order valence-electron chi connectivity index (χ0n) is 14.9. The van der Waals surface area contributed by atoms with E-state index in [-0.39, 0.29) is 18.3 Å². The summed E-state index contributed by atoms with van der Waals surface area (Å²) in [7, 11) is 0. The Morgan fingerprint density at radius 3 is 2.67 bits per heavy atom. The third kappa shape index (κ3) is 3.93. The second-order valence-corrected chi connectivity index (χ2v) is 6.59. The largest absolute Gasteiger partial charge is 0.448 e. The molecule has 140 valence electrons. The van der Waals surface area contributed by atoms with Crippen molar-refractivity contribution < 1.29 is 14.5 Å². The fourth-order valence-electron chi connectivity index (χ4n) is 2.98. The highest BCUT2D eigenvalue weighted by Crippen LogP contribution is 2.27. The molecule has 0 aromatic heterocycles. The first-order chi connectivity index (χ1) is 12.9. The molecule has 1 atom stereocenters. The molecule has 0 radical (unpaired) electrons. The van der Waals surface area contributed by atoms with Gasteiger partial charge in [-0.15, -0.1) is 0 Å². The molecular formula is C19H18ClN3O4. The molecule has 0 fully saturated rings. The molecule has 2 aromatic carbocycles. The van der Waals surface area contributed by atoms with Gasteiger partial charge in [0, 0.05) is 28.3 Å². The highest BCUT2D eigenvalue weighted by atomic mass is 35.5. The molecule has 0 bridgehead atoms. The van der Waals surface area contributed by atoms with Crippen LogP contribution in [0.5, 0.6) is 0 Å². The zero-order chi connectivity index (χ0) is 19.6. The van der Waals surface area contributed by atoms with Crippen molar-refractivity contribution in [2.24, 2.45) is 5.10 Å². The Morgan fingerprint density at radius 1 is 1.33 bits per heavy atom. The van der Waals surface area contributed by atoms with E-state index in [1.807, 2.05) is 13.0 Å². The van der Waals surface area contributed by atoms with E-state index in [0.717, 1.165) is 11.1 Å². The van der Waals surface area contributed by atoms with Crippen LogP contribution in [-0.2, 0) is 11.2 Å². The van der Waals surface area contributed by atoms with Gasteiger partial charge in [-0.25, -0.2) is 4.79 Å². The first-order valence-corrected chi connectivity index (χ1v) is 8.86. The van der Waals surface area contributed by atoms with Crippen LogP contribution in [0.3, 0.4) is 0 Å². The molecule has 2 aromatic rings. The Morgan fingerprint density at radius 2 is 2.04 bits per heavy atom. The average Bonchev–Trinajstić information content (AvgIpc) is 2.78. The maximum Gasteiger partial charge on any atom is 0.430 e. The Labute approximate surface area is 161 Å². The van der Waals surface area contributed by atoms with Gasteiger partial charge in [0.25, 0.3) is 5.69 Å². The number of ether oxygens (including phenoxy) is 1. The number of hydrazone groups is 1. The molecule has 0 saturated carbocycles. The molecule has 8 heteroatoms. The van der Waals surface area contributed by atoms with Crippen LogP contribution in [-0.4, -0.2) is 34.4 Å². The maximum atomic E-state index is 12.4. The second kappa shape index (κ2) is 7.75. The zero-order valence-corrected chi connectivity index (χ0v) is 15.6. The Hall–Kier alpha value is -2.93. The van der Waals surface area contributed by atoms with Crippen LogP contribution < -0.4 is 0 Å². The topological polar surface area (TPSA) is 85.0 Å². The van der Waals surface area contributed by atoms with E-state index in [1.54, 1.807) is 31.2 Å². The van der Waals surface area contributed by atoms with Gasteiger partial charge in [-0.2, -0.15) is 10.1 Å². The summed E-state index contributed by atoms with van der Waals surface area (Å²) in [6.07, 6.45) is 0.0361. The molecule has 1 unspecified atom stereocenters. The van der Waals surface area contributed by atoms with Crippen LogP contribution in [0.1, 0.15) is 30.5 Å². The molecular weight excluding hydrogens is 370 g/mol. The summed E-state index contributed by atoms with van der Waals surface area (Å²) in [4.78, 5) is 22.9. The number of halogens is 1. The van der Waals surface area contributed by atoms with Gasteiger partial charge in [-0.1, -0.05) is 17.7 Å². The summed E-state index contributed by atoms with van der Waals surface area (Å²) in [5.41, 5.74) is 2.91. The smallest absolute Gasteiger partial charge is 0.430 e. The predicted octanol–water partition coefficient (Wildman–Crippen LogP) is 4.40. The van der Waals surface area contributed by atoms with Gasteiger partial charge >= 0.3 is 6.09 Å². The summed E-state index contributed by atoms with van der Waals surface area (Å²) in [6, 6.07) is 11.3. The van der Waals surface area contributed by atoms with E-state index in [4.69, 9.17) is 16.3 Å². The molecule has 1 amide bonds. The number of carbonyl (C=O) groups excluding carboxylic acids is 1. The molecule has 0 aliphatic carbocycles. The number of carbonyl (C=O) groups is 1. The van der Waals surface area contributed by atoms with Gasteiger partial charge in [0.1, 0.15) is 0 Å². The number of nitro groups is 1. The standard InChI is InChI=1S/C19H18ClN3O4/c1-3-27-19(24)22-12(2)10-14-4-7-15(20)11-17(14)18(21-22)13-5-8-16(9-6-13)23(25)26/h4-9,11-12H,3,10H2,1-2H3. The van der Waals surface area contributed by atoms with Crippen molar-refractivity contribution in [3.63, 3.8) is 0 Å². The second-order valence-electron chi connectivity index (χ2n) is 6.15. The van der Waals surface area contributed by atoms with Crippen LogP contribution in [0.25, 0.3) is 0 Å². The summed E-state index contributed by atoms with van der Waals surface area (Å²) in [5.74, 6) is 0. The van der Waals surface area contributed by atoms with Gasteiger partial charge in [-0.05, 0) is 50.1 Å². The molecule has 1 aliphatic heterocycles. The number of nitrogens with zero attached hydrogens (tertiary/aromatic N) is 3. The minimum absolute atomic E-state index is 0.0186. The number of nitro benzene ring substituents is 1. The SMILES string of the molecule is CCOC(=O)N1N=C(c2ccc([N+](=O)[O-])cc2)c2cc(Cl)ccc2CC1C. The Balaban J connectivity index is 2.15. The number of fused-ring (bicyclic) bond motifs is 1. The van der Waals surface area contributed by atoms with Crippen LogP contribution in [0, 0.1) is 10.1 Å². The highest BCUT2D eigenvalue weighted by molar-refractivity contribution is 6.31. The van der Waals surface area contributed by atoms with E-state index < -0.39 is 11.0 Å². The molecule has 1 aliphatic rings. The molecule has 7 nitrogen and oxygen atoms in total. The molecule has 0 N–H and O–H groups in total. The minimum Gasteiger partial charge on any atom is -0.448 e. The van der Waals surface area contributed by atoms with Gasteiger partial charge in [0.15, 0.2) is 0 Å².